The summed E-state index contributed by atoms with van der Waals surface area (Å²) in [5, 5.41) is 0. The third-order valence-corrected chi connectivity index (χ3v) is 7.17. The first kappa shape index (κ1) is 22.2. The average molecular weight is 488 g/mol. The Morgan fingerprint density at radius 2 is 1.18 bits per heavy atom. The highest BCUT2D eigenvalue weighted by Crippen LogP contribution is 2.51. The minimum Gasteiger partial charge on any atom is -0.309 e. The number of pyridine rings is 2. The van der Waals surface area contributed by atoms with Crippen LogP contribution in [0, 0.1) is 6.92 Å². The van der Waals surface area contributed by atoms with Gasteiger partial charge in [-0.25, -0.2) is 0 Å². The predicted octanol–water partition coefficient (Wildman–Crippen LogP) is 9.24. The molecule has 7 rings (SSSR count). The van der Waals surface area contributed by atoms with Crippen LogP contribution in [0.3, 0.4) is 0 Å². The van der Waals surface area contributed by atoms with Crippen molar-refractivity contribution in [3.05, 3.63) is 139 Å². The van der Waals surface area contributed by atoms with Crippen molar-refractivity contribution in [2.45, 2.75) is 6.92 Å². The minimum absolute atomic E-state index is 0.957. The van der Waals surface area contributed by atoms with Gasteiger partial charge in [-0.2, -0.15) is 0 Å². The normalized spacial score (nSPS) is 11.8. The van der Waals surface area contributed by atoms with Crippen molar-refractivity contribution in [1.82, 2.24) is 9.97 Å². The fourth-order valence-corrected chi connectivity index (χ4v) is 5.39. The Labute approximate surface area is 222 Å². The molecule has 1 aliphatic heterocycles. The van der Waals surface area contributed by atoms with Crippen LogP contribution in [-0.2, 0) is 0 Å². The Kier molecular flexibility index (Phi) is 5.33. The fraction of sp³-hybridized carbons (Fsp3) is 0.0286. The van der Waals surface area contributed by atoms with Crippen LogP contribution in [-0.4, -0.2) is 9.97 Å². The van der Waals surface area contributed by atoms with Crippen molar-refractivity contribution in [3.8, 4) is 44.8 Å². The van der Waals surface area contributed by atoms with Gasteiger partial charge in [0.05, 0.1) is 22.8 Å². The Morgan fingerprint density at radius 3 is 1.97 bits per heavy atom. The van der Waals surface area contributed by atoms with Gasteiger partial charge in [-0.3, -0.25) is 9.97 Å². The molecule has 0 atom stereocenters. The van der Waals surface area contributed by atoms with Crippen LogP contribution >= 0.6 is 0 Å². The summed E-state index contributed by atoms with van der Waals surface area (Å²) in [6.07, 6.45) is 3.73. The summed E-state index contributed by atoms with van der Waals surface area (Å²) in [6.45, 7) is 2.11. The number of rotatable bonds is 3. The van der Waals surface area contributed by atoms with Gasteiger partial charge in [0.25, 0.3) is 0 Å². The maximum atomic E-state index is 4.70. The lowest BCUT2D eigenvalue weighted by Gasteiger charge is -2.28. The lowest BCUT2D eigenvalue weighted by molar-refractivity contribution is 1.27. The van der Waals surface area contributed by atoms with Gasteiger partial charge >= 0.3 is 0 Å². The summed E-state index contributed by atoms with van der Waals surface area (Å²) >= 11 is 0. The summed E-state index contributed by atoms with van der Waals surface area (Å²) in [4.78, 5) is 11.7. The summed E-state index contributed by atoms with van der Waals surface area (Å²) in [5.41, 5.74) is 13.5. The molecule has 3 heterocycles. The molecule has 0 fully saturated rings. The monoisotopic (exact) mass is 487 g/mol. The highest BCUT2D eigenvalue weighted by Gasteiger charge is 2.26. The largest absolute Gasteiger partial charge is 0.309 e. The second-order valence-electron chi connectivity index (χ2n) is 9.61. The number of anilines is 3. The second kappa shape index (κ2) is 9.13. The number of nitrogens with zero attached hydrogens (tertiary/aromatic N) is 3. The molecular formula is C35H25N3. The molecule has 0 spiro atoms. The van der Waals surface area contributed by atoms with Crippen LogP contribution in [0.5, 0.6) is 0 Å². The van der Waals surface area contributed by atoms with Crippen molar-refractivity contribution in [2.75, 3.05) is 4.90 Å². The number of aryl methyl sites for hydroxylation is 1. The van der Waals surface area contributed by atoms with Crippen LogP contribution in [0.4, 0.5) is 17.1 Å². The second-order valence-corrected chi connectivity index (χ2v) is 9.61. The SMILES string of the molecule is Cc1ccnc(-c2ccc3c(c2)N(c2cccc(-c4ccccn4)c2)c2ccccc2-c2ccccc2-3)c1. The van der Waals surface area contributed by atoms with Crippen molar-refractivity contribution in [3.63, 3.8) is 0 Å². The number of hydrogen-bond donors (Lipinski definition) is 0. The molecule has 38 heavy (non-hydrogen) atoms. The first-order chi connectivity index (χ1) is 18.8. The van der Waals surface area contributed by atoms with E-state index in [-0.39, 0.29) is 0 Å². The number of hydrogen-bond acceptors (Lipinski definition) is 3. The zero-order chi connectivity index (χ0) is 25.5. The van der Waals surface area contributed by atoms with Crippen LogP contribution in [0.1, 0.15) is 5.56 Å². The van der Waals surface area contributed by atoms with Crippen molar-refractivity contribution in [2.24, 2.45) is 0 Å². The third kappa shape index (κ3) is 3.77. The van der Waals surface area contributed by atoms with E-state index in [0.717, 1.165) is 39.6 Å². The Bertz CT molecular complexity index is 1790. The predicted molar refractivity (Wildman–Crippen MR) is 157 cm³/mol. The van der Waals surface area contributed by atoms with Gasteiger partial charge in [0, 0.05) is 40.3 Å². The molecule has 3 heteroatoms. The molecule has 180 valence electrons. The molecule has 3 nitrogen and oxygen atoms in total. The first-order valence-electron chi connectivity index (χ1n) is 12.8. The molecule has 0 radical (unpaired) electrons. The molecule has 0 saturated heterocycles. The fourth-order valence-electron chi connectivity index (χ4n) is 5.39. The van der Waals surface area contributed by atoms with Gasteiger partial charge in [0.2, 0.25) is 0 Å². The van der Waals surface area contributed by atoms with Crippen molar-refractivity contribution >= 4 is 17.1 Å². The molecule has 0 unspecified atom stereocenters. The number of benzene rings is 4. The molecule has 4 aromatic carbocycles. The quantitative estimate of drug-likeness (QED) is 0.249. The molecule has 6 aromatic rings. The Hall–Kier alpha value is -5.02. The van der Waals surface area contributed by atoms with E-state index in [1.165, 1.54) is 27.8 Å². The zero-order valence-electron chi connectivity index (χ0n) is 21.0. The van der Waals surface area contributed by atoms with Gasteiger partial charge in [0.1, 0.15) is 0 Å². The molecule has 0 bridgehead atoms. The lowest BCUT2D eigenvalue weighted by Crippen LogP contribution is -2.11. The van der Waals surface area contributed by atoms with E-state index in [1.54, 1.807) is 0 Å². The number of para-hydroxylation sites is 1. The topological polar surface area (TPSA) is 29.0 Å². The molecule has 0 N–H and O–H groups in total. The molecule has 0 saturated carbocycles. The first-order valence-corrected chi connectivity index (χ1v) is 12.8. The molecule has 0 amide bonds. The van der Waals surface area contributed by atoms with Crippen LogP contribution in [0.25, 0.3) is 44.8 Å². The van der Waals surface area contributed by atoms with E-state index in [1.807, 2.05) is 30.6 Å². The maximum absolute atomic E-state index is 4.70. The van der Waals surface area contributed by atoms with Crippen LogP contribution in [0.15, 0.2) is 134 Å². The van der Waals surface area contributed by atoms with Crippen LogP contribution in [0.2, 0.25) is 0 Å². The van der Waals surface area contributed by atoms with E-state index in [4.69, 9.17) is 4.98 Å². The van der Waals surface area contributed by atoms with Gasteiger partial charge in [0.15, 0.2) is 0 Å². The number of fused-ring (bicyclic) bond motifs is 5. The standard InChI is InChI=1S/C35H25N3/c1-24-18-20-37-33(21-24)26-16-17-31-29-12-3-2-11-28(29)30-13-4-5-15-34(30)38(35(31)23-26)27-10-8-9-25(22-27)32-14-6-7-19-36-32/h2-23H,1H3. The summed E-state index contributed by atoms with van der Waals surface area (Å²) in [7, 11) is 0. The maximum Gasteiger partial charge on any atom is 0.0705 e. The Balaban J connectivity index is 1.52. The van der Waals surface area contributed by atoms with Gasteiger partial charge < -0.3 is 4.90 Å². The minimum atomic E-state index is 0.957. The van der Waals surface area contributed by atoms with E-state index in [0.29, 0.717) is 0 Å². The summed E-state index contributed by atoms with van der Waals surface area (Å²) in [6, 6.07) is 43.0. The summed E-state index contributed by atoms with van der Waals surface area (Å²) < 4.78 is 0. The molecular weight excluding hydrogens is 462 g/mol. The van der Waals surface area contributed by atoms with E-state index in [2.05, 4.69) is 120 Å². The van der Waals surface area contributed by atoms with Crippen LogP contribution < -0.4 is 4.90 Å². The van der Waals surface area contributed by atoms with Gasteiger partial charge in [-0.05, 0) is 72.1 Å². The van der Waals surface area contributed by atoms with E-state index in [9.17, 15) is 0 Å². The highest BCUT2D eigenvalue weighted by molar-refractivity contribution is 6.03. The van der Waals surface area contributed by atoms with Crippen molar-refractivity contribution in [1.29, 1.82) is 0 Å². The lowest BCUT2D eigenvalue weighted by atomic mass is 9.94. The Morgan fingerprint density at radius 1 is 0.474 bits per heavy atom. The average Bonchev–Trinajstić information content (AvgIpc) is 3.10. The van der Waals surface area contributed by atoms with Crippen molar-refractivity contribution < 1.29 is 0 Å². The summed E-state index contributed by atoms with van der Waals surface area (Å²) in [5.74, 6) is 0. The van der Waals surface area contributed by atoms with E-state index >= 15 is 0 Å². The smallest absolute Gasteiger partial charge is 0.0705 e. The molecule has 1 aliphatic rings. The highest BCUT2D eigenvalue weighted by atomic mass is 15.1. The van der Waals surface area contributed by atoms with Gasteiger partial charge in [-0.15, -0.1) is 0 Å². The molecule has 0 aliphatic carbocycles. The molecule has 2 aromatic heterocycles. The van der Waals surface area contributed by atoms with E-state index < -0.39 is 0 Å². The van der Waals surface area contributed by atoms with Gasteiger partial charge in [-0.1, -0.05) is 72.8 Å². The number of aromatic nitrogens is 2. The third-order valence-electron chi connectivity index (χ3n) is 7.17. The zero-order valence-corrected chi connectivity index (χ0v) is 21.0.